The molecule has 4 N–H and O–H groups in total. The van der Waals surface area contributed by atoms with Gasteiger partial charge < -0.3 is 16.4 Å². The van der Waals surface area contributed by atoms with Crippen LogP contribution in [0.4, 0.5) is 42.0 Å². The number of hydrogen-bond donors (Lipinski definition) is 3. The molecule has 2 heterocycles. The number of alkyl halides is 3. The average Bonchev–Trinajstić information content (AvgIpc) is 2.66. The summed E-state index contributed by atoms with van der Waals surface area (Å²) in [5.41, 5.74) is 6.35. The number of nitrogens with one attached hydrogen (secondary N) is 2. The van der Waals surface area contributed by atoms with Crippen LogP contribution in [0.1, 0.15) is 22.8 Å². The molecule has 0 unspecified atom stereocenters. The fourth-order valence-electron chi connectivity index (χ4n) is 2.32. The van der Waals surface area contributed by atoms with Gasteiger partial charge in [-0.15, -0.1) is 0 Å². The van der Waals surface area contributed by atoms with Crippen LogP contribution < -0.4 is 16.4 Å². The van der Waals surface area contributed by atoms with Gasteiger partial charge in [0.25, 0.3) is 0 Å². The van der Waals surface area contributed by atoms with Crippen LogP contribution in [-0.4, -0.2) is 20.7 Å². The Kier molecular flexibility index (Phi) is 5.55. The van der Waals surface area contributed by atoms with Crippen LogP contribution in [0, 0.1) is 0 Å². The maximum atomic E-state index is 12.7. The van der Waals surface area contributed by atoms with E-state index >= 15 is 0 Å². The zero-order chi connectivity index (χ0) is 21.2. The quantitative estimate of drug-likeness (QED) is 0.506. The van der Waals surface area contributed by atoms with Crippen LogP contribution in [0.2, 0.25) is 5.02 Å². The number of carbonyl (C=O) groups is 1. The van der Waals surface area contributed by atoms with Crippen molar-refractivity contribution >= 4 is 46.2 Å². The monoisotopic (exact) mass is 422 g/mol. The third-order valence-corrected chi connectivity index (χ3v) is 4.13. The molecule has 0 aliphatic carbocycles. The minimum absolute atomic E-state index is 0.0400. The molecule has 0 radical (unpaired) electrons. The molecule has 11 heteroatoms. The number of hydrogen-bond acceptors (Lipinski definition) is 7. The first kappa shape index (κ1) is 20.3. The van der Waals surface area contributed by atoms with Crippen molar-refractivity contribution in [1.29, 1.82) is 0 Å². The number of anilines is 5. The number of benzene rings is 1. The smallest absolute Gasteiger partial charge is 0.393 e. The highest BCUT2D eigenvalue weighted by molar-refractivity contribution is 6.33. The molecule has 1 aromatic carbocycles. The molecule has 0 saturated heterocycles. The Balaban J connectivity index is 1.83. The number of halogens is 4. The number of Topliss-reactive ketones (excluding diaryl/α,β-unsaturated/α-hetero) is 1. The third-order valence-electron chi connectivity index (χ3n) is 3.84. The summed E-state index contributed by atoms with van der Waals surface area (Å²) in [5.74, 6) is 0.255. The molecular formula is C18H14ClF3N6O. The Bertz CT molecular complexity index is 1060. The van der Waals surface area contributed by atoms with E-state index in [1.165, 1.54) is 13.3 Å². The first-order valence-corrected chi connectivity index (χ1v) is 8.51. The molecule has 0 saturated carbocycles. The predicted molar refractivity (Wildman–Crippen MR) is 104 cm³/mol. The molecule has 0 spiro atoms. The molecule has 3 rings (SSSR count). The number of rotatable bonds is 5. The summed E-state index contributed by atoms with van der Waals surface area (Å²) in [4.78, 5) is 23.1. The van der Waals surface area contributed by atoms with Gasteiger partial charge in [0.2, 0.25) is 0 Å². The minimum atomic E-state index is -4.56. The van der Waals surface area contributed by atoms with Crippen LogP contribution >= 0.6 is 11.6 Å². The number of carbonyl (C=O) groups excluding carboxylic acids is 1. The van der Waals surface area contributed by atoms with Crippen molar-refractivity contribution in [2.24, 2.45) is 0 Å². The highest BCUT2D eigenvalue weighted by Crippen LogP contribution is 2.34. The standard InChI is InChI=1S/C18H14ClF3N6O/c1-9(29)10-2-4-12(5-3-10)27-16-14(23)17(26-8-25-16)28-15-13(19)6-11(7-24-15)18(20,21)22/h2-8H,23H2,1H3,(H2,24,25,26,27,28). The highest BCUT2D eigenvalue weighted by Gasteiger charge is 2.31. The summed E-state index contributed by atoms with van der Waals surface area (Å²) < 4.78 is 38.2. The molecule has 150 valence electrons. The van der Waals surface area contributed by atoms with Crippen molar-refractivity contribution < 1.29 is 18.0 Å². The van der Waals surface area contributed by atoms with Gasteiger partial charge in [0, 0.05) is 17.4 Å². The van der Waals surface area contributed by atoms with Crippen LogP contribution in [-0.2, 0) is 6.18 Å². The number of nitrogens with zero attached hydrogens (tertiary/aromatic N) is 3. The van der Waals surface area contributed by atoms with E-state index < -0.39 is 11.7 Å². The normalized spacial score (nSPS) is 11.2. The van der Waals surface area contributed by atoms with E-state index in [0.29, 0.717) is 17.4 Å². The lowest BCUT2D eigenvalue weighted by molar-refractivity contribution is -0.137. The second-order valence-electron chi connectivity index (χ2n) is 5.92. The molecular weight excluding hydrogens is 409 g/mol. The summed E-state index contributed by atoms with van der Waals surface area (Å²) in [7, 11) is 0. The van der Waals surface area contributed by atoms with Crippen molar-refractivity contribution in [1.82, 2.24) is 15.0 Å². The van der Waals surface area contributed by atoms with Gasteiger partial charge in [-0.25, -0.2) is 15.0 Å². The number of pyridine rings is 1. The summed E-state index contributed by atoms with van der Waals surface area (Å²) in [6, 6.07) is 7.41. The van der Waals surface area contributed by atoms with E-state index in [1.807, 2.05) is 0 Å². The molecule has 3 aromatic rings. The summed E-state index contributed by atoms with van der Waals surface area (Å²) in [5, 5.41) is 5.43. The van der Waals surface area contributed by atoms with Crippen molar-refractivity contribution in [2.45, 2.75) is 13.1 Å². The van der Waals surface area contributed by atoms with Crippen molar-refractivity contribution in [3.8, 4) is 0 Å². The maximum absolute atomic E-state index is 12.7. The Labute approximate surface area is 168 Å². The van der Waals surface area contributed by atoms with E-state index in [4.69, 9.17) is 17.3 Å². The Morgan fingerprint density at radius 3 is 2.21 bits per heavy atom. The maximum Gasteiger partial charge on any atom is 0.417 e. The molecule has 0 amide bonds. The SMILES string of the molecule is CC(=O)c1ccc(Nc2ncnc(Nc3ncc(C(F)(F)F)cc3Cl)c2N)cc1. The molecule has 29 heavy (non-hydrogen) atoms. The molecule has 0 atom stereocenters. The Morgan fingerprint density at radius 2 is 1.66 bits per heavy atom. The van der Waals surface area contributed by atoms with E-state index in [1.54, 1.807) is 24.3 Å². The van der Waals surface area contributed by atoms with Gasteiger partial charge in [0.05, 0.1) is 10.6 Å². The van der Waals surface area contributed by atoms with Crippen LogP contribution in [0.5, 0.6) is 0 Å². The van der Waals surface area contributed by atoms with Crippen molar-refractivity contribution in [3.63, 3.8) is 0 Å². The second kappa shape index (κ2) is 7.92. The van der Waals surface area contributed by atoms with Gasteiger partial charge in [0.15, 0.2) is 17.4 Å². The summed E-state index contributed by atoms with van der Waals surface area (Å²) in [6.07, 6.45) is -2.69. The molecule has 7 nitrogen and oxygen atoms in total. The average molecular weight is 423 g/mol. The summed E-state index contributed by atoms with van der Waals surface area (Å²) in [6.45, 7) is 1.46. The van der Waals surface area contributed by atoms with Crippen LogP contribution in [0.3, 0.4) is 0 Å². The zero-order valence-corrected chi connectivity index (χ0v) is 15.6. The largest absolute Gasteiger partial charge is 0.417 e. The lowest BCUT2D eigenvalue weighted by atomic mass is 10.1. The number of nitrogens with two attached hydrogens (primary N) is 1. The first-order valence-electron chi connectivity index (χ1n) is 8.13. The first-order chi connectivity index (χ1) is 13.6. The minimum Gasteiger partial charge on any atom is -0.393 e. The van der Waals surface area contributed by atoms with E-state index in [9.17, 15) is 18.0 Å². The Morgan fingerprint density at radius 1 is 1.03 bits per heavy atom. The van der Waals surface area contributed by atoms with Gasteiger partial charge in [-0.05, 0) is 37.3 Å². The van der Waals surface area contributed by atoms with Gasteiger partial charge in [0.1, 0.15) is 17.8 Å². The lowest BCUT2D eigenvalue weighted by Gasteiger charge is -2.14. The molecule has 0 fully saturated rings. The molecule has 0 aliphatic heterocycles. The topological polar surface area (TPSA) is 106 Å². The number of nitrogen functional groups attached to an aromatic ring is 1. The lowest BCUT2D eigenvalue weighted by Crippen LogP contribution is -2.08. The molecule has 0 aliphatic rings. The fraction of sp³-hybridized carbons (Fsp3) is 0.111. The summed E-state index contributed by atoms with van der Waals surface area (Å²) >= 11 is 5.90. The third kappa shape index (κ3) is 4.72. The van der Waals surface area contributed by atoms with Crippen LogP contribution in [0.25, 0.3) is 0 Å². The van der Waals surface area contributed by atoms with Crippen molar-refractivity contribution in [3.05, 3.63) is 59.0 Å². The fourth-order valence-corrected chi connectivity index (χ4v) is 2.53. The molecule has 2 aromatic heterocycles. The van der Waals surface area contributed by atoms with Crippen molar-refractivity contribution in [2.75, 3.05) is 16.4 Å². The Hall–Kier alpha value is -3.40. The van der Waals surface area contributed by atoms with E-state index in [-0.39, 0.29) is 33.9 Å². The highest BCUT2D eigenvalue weighted by atomic mass is 35.5. The van der Waals surface area contributed by atoms with Gasteiger partial charge in [-0.2, -0.15) is 13.2 Å². The van der Waals surface area contributed by atoms with Gasteiger partial charge >= 0.3 is 6.18 Å². The number of ketones is 1. The van der Waals surface area contributed by atoms with Gasteiger partial charge in [-0.1, -0.05) is 11.6 Å². The van der Waals surface area contributed by atoms with E-state index in [2.05, 4.69) is 25.6 Å². The molecule has 0 bridgehead atoms. The predicted octanol–water partition coefficient (Wildman–Crippen LogP) is 4.82. The van der Waals surface area contributed by atoms with E-state index in [0.717, 1.165) is 6.07 Å². The zero-order valence-electron chi connectivity index (χ0n) is 14.9. The number of aromatic nitrogens is 3. The van der Waals surface area contributed by atoms with Gasteiger partial charge in [-0.3, -0.25) is 4.79 Å². The second-order valence-corrected chi connectivity index (χ2v) is 6.33. The van der Waals surface area contributed by atoms with Crippen LogP contribution in [0.15, 0.2) is 42.9 Å².